The number of para-hydroxylation sites is 2. The lowest BCUT2D eigenvalue weighted by atomic mass is 10.1. The van der Waals surface area contributed by atoms with Gasteiger partial charge in [-0.1, -0.05) is 12.1 Å². The van der Waals surface area contributed by atoms with Gasteiger partial charge in [-0.25, -0.2) is 0 Å². The molecule has 0 spiro atoms. The molecule has 0 bridgehead atoms. The van der Waals surface area contributed by atoms with Gasteiger partial charge >= 0.3 is 0 Å². The molecule has 2 aliphatic rings. The summed E-state index contributed by atoms with van der Waals surface area (Å²) in [6, 6.07) is 8.30. The molecule has 0 radical (unpaired) electrons. The molecule has 0 aliphatic carbocycles. The van der Waals surface area contributed by atoms with Crippen LogP contribution in [0, 0.1) is 0 Å². The van der Waals surface area contributed by atoms with Crippen molar-refractivity contribution in [3.63, 3.8) is 0 Å². The Balaban J connectivity index is 2.09. The van der Waals surface area contributed by atoms with Gasteiger partial charge in [0.05, 0.1) is 17.9 Å². The van der Waals surface area contributed by atoms with E-state index in [4.69, 9.17) is 0 Å². The summed E-state index contributed by atoms with van der Waals surface area (Å²) in [5, 5.41) is 3.37. The molecule has 70 valence electrons. The van der Waals surface area contributed by atoms with E-state index < -0.39 is 0 Å². The SMILES string of the molecule is C1=CN2c3ccccc3NCC2N=C1. The molecular weight excluding hydrogens is 174 g/mol. The van der Waals surface area contributed by atoms with Crippen molar-refractivity contribution in [3.8, 4) is 0 Å². The van der Waals surface area contributed by atoms with Crippen LogP contribution in [0.5, 0.6) is 0 Å². The number of hydrogen-bond acceptors (Lipinski definition) is 3. The number of nitrogens with one attached hydrogen (secondary N) is 1. The third kappa shape index (κ3) is 1.02. The second-order valence-electron chi connectivity index (χ2n) is 3.43. The Labute approximate surface area is 82.8 Å². The van der Waals surface area contributed by atoms with Crippen LogP contribution in [0.1, 0.15) is 0 Å². The van der Waals surface area contributed by atoms with E-state index in [0.29, 0.717) is 0 Å². The van der Waals surface area contributed by atoms with Crippen LogP contribution < -0.4 is 10.2 Å². The van der Waals surface area contributed by atoms with Gasteiger partial charge < -0.3 is 10.2 Å². The Morgan fingerprint density at radius 3 is 3.29 bits per heavy atom. The molecule has 0 fully saturated rings. The molecule has 3 nitrogen and oxygen atoms in total. The maximum absolute atomic E-state index is 4.40. The third-order valence-electron chi connectivity index (χ3n) is 2.57. The van der Waals surface area contributed by atoms with Crippen LogP contribution in [0.15, 0.2) is 41.5 Å². The normalized spacial score (nSPS) is 22.6. The van der Waals surface area contributed by atoms with E-state index in [2.05, 4.69) is 39.6 Å². The quantitative estimate of drug-likeness (QED) is 0.668. The van der Waals surface area contributed by atoms with E-state index in [1.165, 1.54) is 11.4 Å². The first kappa shape index (κ1) is 7.62. The fourth-order valence-corrected chi connectivity index (χ4v) is 1.89. The van der Waals surface area contributed by atoms with Gasteiger partial charge in [0.1, 0.15) is 6.17 Å². The molecule has 0 aromatic heterocycles. The first-order valence-corrected chi connectivity index (χ1v) is 4.76. The molecule has 0 amide bonds. The number of fused-ring (bicyclic) bond motifs is 3. The number of aliphatic imine (C=N–C) groups is 1. The van der Waals surface area contributed by atoms with E-state index in [1.54, 1.807) is 0 Å². The molecule has 0 saturated heterocycles. The molecule has 3 rings (SSSR count). The average molecular weight is 185 g/mol. The molecule has 1 N–H and O–H groups in total. The first-order chi connectivity index (χ1) is 6.95. The molecule has 3 heteroatoms. The monoisotopic (exact) mass is 185 g/mol. The first-order valence-electron chi connectivity index (χ1n) is 4.76. The maximum atomic E-state index is 4.40. The van der Waals surface area contributed by atoms with Crippen molar-refractivity contribution in [2.24, 2.45) is 4.99 Å². The molecular formula is C11H11N3. The highest BCUT2D eigenvalue weighted by Gasteiger charge is 2.23. The predicted molar refractivity (Wildman–Crippen MR) is 58.8 cm³/mol. The molecule has 1 aromatic carbocycles. The average Bonchev–Trinajstić information content (AvgIpc) is 2.29. The summed E-state index contributed by atoms with van der Waals surface area (Å²) in [5.41, 5.74) is 2.39. The van der Waals surface area contributed by atoms with E-state index in [1.807, 2.05) is 18.4 Å². The highest BCUT2D eigenvalue weighted by Crippen LogP contribution is 2.32. The Hall–Kier alpha value is -1.77. The summed E-state index contributed by atoms with van der Waals surface area (Å²) < 4.78 is 0. The van der Waals surface area contributed by atoms with Crippen LogP contribution in [-0.4, -0.2) is 18.9 Å². The van der Waals surface area contributed by atoms with Crippen LogP contribution in [0.25, 0.3) is 0 Å². The Morgan fingerprint density at radius 1 is 1.36 bits per heavy atom. The van der Waals surface area contributed by atoms with Crippen LogP contribution in [-0.2, 0) is 0 Å². The summed E-state index contributed by atoms with van der Waals surface area (Å²) in [4.78, 5) is 6.60. The van der Waals surface area contributed by atoms with E-state index >= 15 is 0 Å². The van der Waals surface area contributed by atoms with Crippen molar-refractivity contribution >= 4 is 17.6 Å². The fraction of sp³-hybridized carbons (Fsp3) is 0.182. The Morgan fingerprint density at radius 2 is 2.29 bits per heavy atom. The van der Waals surface area contributed by atoms with Crippen molar-refractivity contribution in [2.75, 3.05) is 16.8 Å². The minimum atomic E-state index is 0.217. The number of benzene rings is 1. The van der Waals surface area contributed by atoms with Gasteiger partial charge in [0, 0.05) is 12.4 Å². The summed E-state index contributed by atoms with van der Waals surface area (Å²) >= 11 is 0. The second-order valence-corrected chi connectivity index (χ2v) is 3.43. The van der Waals surface area contributed by atoms with Crippen LogP contribution in [0.3, 0.4) is 0 Å². The summed E-state index contributed by atoms with van der Waals surface area (Å²) in [6.07, 6.45) is 6.13. The Kier molecular flexibility index (Phi) is 1.56. The molecule has 14 heavy (non-hydrogen) atoms. The number of allylic oxidation sites excluding steroid dienone is 1. The molecule has 0 saturated carbocycles. The van der Waals surface area contributed by atoms with Gasteiger partial charge in [-0.15, -0.1) is 0 Å². The number of anilines is 2. The van der Waals surface area contributed by atoms with E-state index in [9.17, 15) is 0 Å². The van der Waals surface area contributed by atoms with Gasteiger partial charge in [-0.05, 0) is 18.2 Å². The minimum absolute atomic E-state index is 0.217. The van der Waals surface area contributed by atoms with Gasteiger partial charge in [0.25, 0.3) is 0 Å². The second kappa shape index (κ2) is 2.87. The topological polar surface area (TPSA) is 27.6 Å². The van der Waals surface area contributed by atoms with Crippen molar-refractivity contribution in [2.45, 2.75) is 6.17 Å². The lowest BCUT2D eigenvalue weighted by Gasteiger charge is -2.35. The van der Waals surface area contributed by atoms with Crippen molar-refractivity contribution in [1.29, 1.82) is 0 Å². The van der Waals surface area contributed by atoms with Crippen LogP contribution in [0.4, 0.5) is 11.4 Å². The summed E-state index contributed by atoms with van der Waals surface area (Å²) in [6.45, 7) is 0.873. The summed E-state index contributed by atoms with van der Waals surface area (Å²) in [7, 11) is 0. The van der Waals surface area contributed by atoms with E-state index in [-0.39, 0.29) is 6.17 Å². The van der Waals surface area contributed by atoms with Crippen LogP contribution >= 0.6 is 0 Å². The predicted octanol–water partition coefficient (Wildman–Crippen LogP) is 1.84. The zero-order chi connectivity index (χ0) is 9.38. The lowest BCUT2D eigenvalue weighted by Crippen LogP contribution is -2.40. The highest BCUT2D eigenvalue weighted by atomic mass is 15.3. The molecule has 2 aliphatic heterocycles. The Bertz CT molecular complexity index is 409. The largest absolute Gasteiger partial charge is 0.379 e. The van der Waals surface area contributed by atoms with Crippen molar-refractivity contribution < 1.29 is 0 Å². The third-order valence-corrected chi connectivity index (χ3v) is 2.57. The lowest BCUT2D eigenvalue weighted by molar-refractivity contribution is 0.691. The smallest absolute Gasteiger partial charge is 0.142 e. The molecule has 1 aromatic rings. The standard InChI is InChI=1S/C11H11N3/c1-2-5-10-9(4-1)13-8-11-12-6-3-7-14(10)11/h1-7,11,13H,8H2. The minimum Gasteiger partial charge on any atom is -0.379 e. The van der Waals surface area contributed by atoms with Crippen LogP contribution in [0.2, 0.25) is 0 Å². The number of nitrogens with zero attached hydrogens (tertiary/aromatic N) is 2. The summed E-state index contributed by atoms with van der Waals surface area (Å²) in [5.74, 6) is 0. The zero-order valence-corrected chi connectivity index (χ0v) is 7.72. The van der Waals surface area contributed by atoms with Crippen molar-refractivity contribution in [1.82, 2.24) is 0 Å². The highest BCUT2D eigenvalue weighted by molar-refractivity contribution is 5.80. The zero-order valence-electron chi connectivity index (χ0n) is 7.72. The van der Waals surface area contributed by atoms with Gasteiger partial charge in [-0.2, -0.15) is 0 Å². The number of hydrogen-bond donors (Lipinski definition) is 1. The number of rotatable bonds is 0. The maximum Gasteiger partial charge on any atom is 0.142 e. The van der Waals surface area contributed by atoms with Crippen molar-refractivity contribution in [3.05, 3.63) is 36.5 Å². The van der Waals surface area contributed by atoms with Gasteiger partial charge in [-0.3, -0.25) is 4.99 Å². The molecule has 1 unspecified atom stereocenters. The molecule has 1 atom stereocenters. The van der Waals surface area contributed by atoms with E-state index in [0.717, 1.165) is 6.54 Å². The van der Waals surface area contributed by atoms with Gasteiger partial charge in [0.2, 0.25) is 0 Å². The molecule has 2 heterocycles. The van der Waals surface area contributed by atoms with Gasteiger partial charge in [0.15, 0.2) is 0 Å². The fourth-order valence-electron chi connectivity index (χ4n) is 1.89.